The van der Waals surface area contributed by atoms with Gasteiger partial charge in [0.25, 0.3) is 5.91 Å². The summed E-state index contributed by atoms with van der Waals surface area (Å²) in [6, 6.07) is 13.9. The van der Waals surface area contributed by atoms with Crippen molar-refractivity contribution in [2.24, 2.45) is 0 Å². The summed E-state index contributed by atoms with van der Waals surface area (Å²) in [5, 5.41) is 12.2. The molecule has 1 aromatic heterocycles. The van der Waals surface area contributed by atoms with Gasteiger partial charge in [-0.2, -0.15) is 0 Å². The lowest BCUT2D eigenvalue weighted by Gasteiger charge is -2.14. The van der Waals surface area contributed by atoms with Gasteiger partial charge in [-0.1, -0.05) is 47.2 Å². The number of carbonyl (C=O) groups excluding carboxylic acids is 1. The zero-order valence-corrected chi connectivity index (χ0v) is 16.1. The third-order valence-electron chi connectivity index (χ3n) is 3.83. The van der Waals surface area contributed by atoms with Crippen LogP contribution in [0.1, 0.15) is 23.6 Å². The first-order valence-electron chi connectivity index (χ1n) is 8.37. The molecule has 1 N–H and O–H groups in total. The van der Waals surface area contributed by atoms with Gasteiger partial charge < -0.3 is 4.74 Å². The zero-order chi connectivity index (χ0) is 18.7. The Bertz CT molecular complexity index is 899. The minimum absolute atomic E-state index is 0.254. The highest BCUT2D eigenvalue weighted by Gasteiger charge is 2.17. The quantitative estimate of drug-likeness (QED) is 0.719. The van der Waals surface area contributed by atoms with Gasteiger partial charge in [-0.15, -0.1) is 10.2 Å². The van der Waals surface area contributed by atoms with E-state index >= 15 is 0 Å². The monoisotopic (exact) mass is 367 g/mol. The molecule has 1 atom stereocenters. The van der Waals surface area contributed by atoms with Gasteiger partial charge in [0.05, 0.1) is 0 Å². The van der Waals surface area contributed by atoms with Gasteiger partial charge in [0.15, 0.2) is 6.10 Å². The number of nitrogens with zero attached hydrogens (tertiary/aromatic N) is 2. The number of rotatable bonds is 5. The van der Waals surface area contributed by atoms with Crippen LogP contribution in [0, 0.1) is 20.8 Å². The molecule has 26 heavy (non-hydrogen) atoms. The standard InChI is InChI=1S/C20H21N3O2S/c1-12-5-7-16(8-6-12)19-22-23-20(26-19)21-18(24)15(4)25-17-10-13(2)9-14(3)11-17/h5-11,15H,1-4H3,(H,21,23,24)/t15-/m1/s1. The molecule has 134 valence electrons. The summed E-state index contributed by atoms with van der Waals surface area (Å²) >= 11 is 1.34. The van der Waals surface area contributed by atoms with Gasteiger partial charge in [-0.3, -0.25) is 10.1 Å². The molecule has 1 amide bonds. The van der Waals surface area contributed by atoms with E-state index in [0.717, 1.165) is 21.7 Å². The molecule has 0 fully saturated rings. The summed E-state index contributed by atoms with van der Waals surface area (Å²) in [7, 11) is 0. The number of aryl methyl sites for hydroxylation is 3. The molecule has 1 heterocycles. The molecule has 6 heteroatoms. The maximum atomic E-state index is 12.4. The van der Waals surface area contributed by atoms with Crippen molar-refractivity contribution < 1.29 is 9.53 Å². The molecule has 0 radical (unpaired) electrons. The predicted octanol–water partition coefficient (Wildman–Crippen LogP) is 4.54. The third-order valence-corrected chi connectivity index (χ3v) is 4.72. The largest absolute Gasteiger partial charge is 0.481 e. The second-order valence-corrected chi connectivity index (χ2v) is 7.33. The predicted molar refractivity (Wildman–Crippen MR) is 105 cm³/mol. The lowest BCUT2D eigenvalue weighted by molar-refractivity contribution is -0.122. The van der Waals surface area contributed by atoms with Gasteiger partial charge in [0.2, 0.25) is 5.13 Å². The first-order valence-corrected chi connectivity index (χ1v) is 9.19. The molecule has 0 spiro atoms. The molecule has 0 aliphatic rings. The van der Waals surface area contributed by atoms with Crippen molar-refractivity contribution in [3.8, 4) is 16.3 Å². The van der Waals surface area contributed by atoms with Crippen LogP contribution >= 0.6 is 11.3 Å². The second-order valence-electron chi connectivity index (χ2n) is 6.35. The van der Waals surface area contributed by atoms with E-state index in [9.17, 15) is 4.79 Å². The van der Waals surface area contributed by atoms with Crippen molar-refractivity contribution >= 4 is 22.4 Å². The molecule has 0 bridgehead atoms. The molecule has 3 rings (SSSR count). The number of hydrogen-bond acceptors (Lipinski definition) is 5. The highest BCUT2D eigenvalue weighted by molar-refractivity contribution is 7.18. The summed E-state index contributed by atoms with van der Waals surface area (Å²) in [6.07, 6.45) is -0.636. The van der Waals surface area contributed by atoms with E-state index in [1.54, 1.807) is 6.92 Å². The van der Waals surface area contributed by atoms with E-state index in [4.69, 9.17) is 4.74 Å². The van der Waals surface area contributed by atoms with Crippen LogP contribution in [-0.2, 0) is 4.79 Å². The maximum Gasteiger partial charge on any atom is 0.266 e. The Kier molecular flexibility index (Phi) is 5.32. The van der Waals surface area contributed by atoms with Crippen LogP contribution in [0.25, 0.3) is 10.6 Å². The van der Waals surface area contributed by atoms with E-state index in [1.165, 1.54) is 16.9 Å². The fraction of sp³-hybridized carbons (Fsp3) is 0.250. The van der Waals surface area contributed by atoms with Gasteiger partial charge in [0, 0.05) is 5.56 Å². The molecule has 3 aromatic rings. The fourth-order valence-electron chi connectivity index (χ4n) is 2.55. The zero-order valence-electron chi connectivity index (χ0n) is 15.2. The molecular formula is C20H21N3O2S. The molecule has 0 saturated heterocycles. The van der Waals surface area contributed by atoms with Crippen LogP contribution in [0.2, 0.25) is 0 Å². The van der Waals surface area contributed by atoms with Crippen molar-refractivity contribution in [3.63, 3.8) is 0 Å². The average Bonchev–Trinajstić information content (AvgIpc) is 3.03. The molecule has 2 aromatic carbocycles. The van der Waals surface area contributed by atoms with E-state index in [2.05, 4.69) is 21.6 Å². The highest BCUT2D eigenvalue weighted by atomic mass is 32.1. The number of carbonyl (C=O) groups is 1. The molecule has 0 aliphatic carbocycles. The number of nitrogens with one attached hydrogen (secondary N) is 1. The molecule has 5 nitrogen and oxygen atoms in total. The Morgan fingerprint density at radius 2 is 1.65 bits per heavy atom. The first-order chi connectivity index (χ1) is 12.4. The average molecular weight is 367 g/mol. The van der Waals surface area contributed by atoms with Crippen LogP contribution in [0.3, 0.4) is 0 Å². The first kappa shape index (κ1) is 18.1. The summed E-state index contributed by atoms with van der Waals surface area (Å²) in [5.41, 5.74) is 4.36. The fourth-order valence-corrected chi connectivity index (χ4v) is 3.30. The van der Waals surface area contributed by atoms with Gasteiger partial charge in [0.1, 0.15) is 10.8 Å². The number of ether oxygens (including phenoxy) is 1. The van der Waals surface area contributed by atoms with E-state index in [1.807, 2.05) is 57.2 Å². The third kappa shape index (κ3) is 4.46. The maximum absolute atomic E-state index is 12.4. The number of anilines is 1. The Morgan fingerprint density at radius 1 is 1.00 bits per heavy atom. The van der Waals surface area contributed by atoms with Gasteiger partial charge >= 0.3 is 0 Å². The smallest absolute Gasteiger partial charge is 0.266 e. The summed E-state index contributed by atoms with van der Waals surface area (Å²) in [4.78, 5) is 12.4. The van der Waals surface area contributed by atoms with Gasteiger partial charge in [-0.05, 0) is 51.0 Å². The van der Waals surface area contributed by atoms with Crippen LogP contribution in [0.15, 0.2) is 42.5 Å². The van der Waals surface area contributed by atoms with Gasteiger partial charge in [-0.25, -0.2) is 0 Å². The van der Waals surface area contributed by atoms with E-state index < -0.39 is 6.10 Å². The molecule has 0 saturated carbocycles. The summed E-state index contributed by atoms with van der Waals surface area (Å²) in [6.45, 7) is 7.75. The van der Waals surface area contributed by atoms with Crippen LogP contribution in [-0.4, -0.2) is 22.2 Å². The Hall–Kier alpha value is -2.73. The number of benzene rings is 2. The van der Waals surface area contributed by atoms with Crippen LogP contribution < -0.4 is 10.1 Å². The molecule has 0 unspecified atom stereocenters. The Balaban J connectivity index is 1.65. The lowest BCUT2D eigenvalue weighted by atomic mass is 10.1. The van der Waals surface area contributed by atoms with Crippen LogP contribution in [0.4, 0.5) is 5.13 Å². The second kappa shape index (κ2) is 7.66. The summed E-state index contributed by atoms with van der Waals surface area (Å²) in [5.74, 6) is 0.429. The number of hydrogen-bond donors (Lipinski definition) is 1. The van der Waals surface area contributed by atoms with Crippen LogP contribution in [0.5, 0.6) is 5.75 Å². The topological polar surface area (TPSA) is 64.1 Å². The normalized spacial score (nSPS) is 11.8. The molecular weight excluding hydrogens is 346 g/mol. The van der Waals surface area contributed by atoms with Crippen molar-refractivity contribution in [2.45, 2.75) is 33.8 Å². The van der Waals surface area contributed by atoms with Crippen molar-refractivity contribution in [3.05, 3.63) is 59.2 Å². The minimum Gasteiger partial charge on any atom is -0.481 e. The summed E-state index contributed by atoms with van der Waals surface area (Å²) < 4.78 is 5.76. The van der Waals surface area contributed by atoms with Crippen molar-refractivity contribution in [2.75, 3.05) is 5.32 Å². The number of aromatic nitrogens is 2. The highest BCUT2D eigenvalue weighted by Crippen LogP contribution is 2.26. The van der Waals surface area contributed by atoms with Crippen molar-refractivity contribution in [1.82, 2.24) is 10.2 Å². The van der Waals surface area contributed by atoms with E-state index in [0.29, 0.717) is 10.9 Å². The van der Waals surface area contributed by atoms with Crippen molar-refractivity contribution in [1.29, 1.82) is 0 Å². The minimum atomic E-state index is -0.636. The lowest BCUT2D eigenvalue weighted by Crippen LogP contribution is -2.30. The SMILES string of the molecule is Cc1ccc(-c2nnc(NC(=O)[C@@H](C)Oc3cc(C)cc(C)c3)s2)cc1. The Morgan fingerprint density at radius 3 is 2.31 bits per heavy atom. The van der Waals surface area contributed by atoms with E-state index in [-0.39, 0.29) is 5.91 Å². The Labute approximate surface area is 157 Å². The number of amides is 1. The molecule has 0 aliphatic heterocycles.